The largest absolute Gasteiger partial charge is 0.491 e. The summed E-state index contributed by atoms with van der Waals surface area (Å²) < 4.78 is 55.2. The van der Waals surface area contributed by atoms with E-state index < -0.39 is 11.6 Å². The van der Waals surface area contributed by atoms with E-state index >= 15 is 4.39 Å². The summed E-state index contributed by atoms with van der Waals surface area (Å²) in [5, 5.41) is 0. The summed E-state index contributed by atoms with van der Waals surface area (Å²) in [6, 6.07) is 8.54. The molecule has 0 N–H and O–H groups in total. The van der Waals surface area contributed by atoms with Gasteiger partial charge in [-0.15, -0.1) is 0 Å². The molecule has 0 saturated heterocycles. The number of halogens is 3. The van der Waals surface area contributed by atoms with Crippen molar-refractivity contribution in [2.45, 2.75) is 89.8 Å². The molecule has 0 atom stereocenters. The highest BCUT2D eigenvalue weighted by Gasteiger charge is 2.29. The van der Waals surface area contributed by atoms with Gasteiger partial charge in [-0.25, -0.2) is 13.2 Å². The van der Waals surface area contributed by atoms with Crippen LogP contribution in [-0.2, 0) is 11.3 Å². The first-order valence-electron chi connectivity index (χ1n) is 12.5. The predicted molar refractivity (Wildman–Crippen MR) is 124 cm³/mol. The maximum absolute atomic E-state index is 15.0. The van der Waals surface area contributed by atoms with Gasteiger partial charge < -0.3 is 9.47 Å². The van der Waals surface area contributed by atoms with Crippen molar-refractivity contribution in [1.82, 2.24) is 0 Å². The van der Waals surface area contributed by atoms with Crippen LogP contribution in [0.1, 0.15) is 93.7 Å². The molecule has 33 heavy (non-hydrogen) atoms. The molecule has 2 aromatic carbocycles. The van der Waals surface area contributed by atoms with Gasteiger partial charge in [-0.2, -0.15) is 0 Å². The van der Waals surface area contributed by atoms with Crippen LogP contribution in [0.3, 0.4) is 0 Å². The lowest BCUT2D eigenvalue weighted by Gasteiger charge is -2.30. The van der Waals surface area contributed by atoms with Gasteiger partial charge in [0.25, 0.3) is 0 Å². The molecule has 0 bridgehead atoms. The van der Waals surface area contributed by atoms with Crippen LogP contribution in [0.4, 0.5) is 13.2 Å². The molecule has 2 fully saturated rings. The van der Waals surface area contributed by atoms with Gasteiger partial charge in [0, 0.05) is 0 Å². The smallest absolute Gasteiger partial charge is 0.165 e. The molecule has 2 aliphatic rings. The average Bonchev–Trinajstić information content (AvgIpc) is 2.82. The van der Waals surface area contributed by atoms with Gasteiger partial charge in [-0.3, -0.25) is 0 Å². The van der Waals surface area contributed by atoms with Crippen LogP contribution in [0.15, 0.2) is 30.3 Å². The molecule has 0 heterocycles. The Morgan fingerprint density at radius 1 is 0.788 bits per heavy atom. The SMILES string of the molecule is CCOc1ccc(COC2CCC(c3ccc(C4CCC(C)CC4)c(F)c3F)CC2)cc1F. The zero-order valence-electron chi connectivity index (χ0n) is 19.7. The maximum Gasteiger partial charge on any atom is 0.165 e. The second-order valence-corrected chi connectivity index (χ2v) is 9.81. The lowest BCUT2D eigenvalue weighted by molar-refractivity contribution is 0.0130. The van der Waals surface area contributed by atoms with Crippen molar-refractivity contribution in [3.63, 3.8) is 0 Å². The summed E-state index contributed by atoms with van der Waals surface area (Å²) in [5.74, 6) is -0.586. The fraction of sp³-hybridized carbons (Fsp3) is 0.571. The van der Waals surface area contributed by atoms with E-state index in [1.165, 1.54) is 6.07 Å². The van der Waals surface area contributed by atoms with Crippen molar-refractivity contribution in [3.8, 4) is 5.75 Å². The molecule has 0 amide bonds. The standard InChI is InChI=1S/C28H35F3O2/c1-3-32-26-15-6-19(16-25(26)29)17-33-22-11-9-21(10-12-22)24-14-13-23(27(30)28(24)31)20-7-4-18(2)5-8-20/h6,13-16,18,20-22H,3-5,7-12,17H2,1-2H3. The Hall–Kier alpha value is -2.01. The van der Waals surface area contributed by atoms with Crippen molar-refractivity contribution >= 4 is 0 Å². The van der Waals surface area contributed by atoms with Gasteiger partial charge in [0.05, 0.1) is 19.3 Å². The third-order valence-electron chi connectivity index (χ3n) is 7.49. The quantitative estimate of drug-likeness (QED) is 0.416. The molecule has 2 aromatic rings. The van der Waals surface area contributed by atoms with Gasteiger partial charge in [-0.1, -0.05) is 38.0 Å². The number of hydrogen-bond acceptors (Lipinski definition) is 2. The third kappa shape index (κ3) is 5.74. The van der Waals surface area contributed by atoms with E-state index in [1.54, 1.807) is 6.07 Å². The molecule has 0 aromatic heterocycles. The molecule has 180 valence electrons. The Balaban J connectivity index is 1.31. The molecule has 0 radical (unpaired) electrons. The van der Waals surface area contributed by atoms with E-state index in [1.807, 2.05) is 25.1 Å². The van der Waals surface area contributed by atoms with E-state index in [4.69, 9.17) is 9.47 Å². The minimum Gasteiger partial charge on any atom is -0.491 e. The Bertz CT molecular complexity index is 929. The molecule has 4 rings (SSSR count). The van der Waals surface area contributed by atoms with E-state index in [9.17, 15) is 8.78 Å². The molecular formula is C28H35F3O2. The summed E-state index contributed by atoms with van der Waals surface area (Å²) in [5.41, 5.74) is 1.83. The van der Waals surface area contributed by atoms with Crippen LogP contribution in [0.25, 0.3) is 0 Å². The maximum atomic E-state index is 15.0. The average molecular weight is 461 g/mol. The van der Waals surface area contributed by atoms with E-state index in [-0.39, 0.29) is 29.5 Å². The van der Waals surface area contributed by atoms with Gasteiger partial charge in [-0.05, 0) is 92.0 Å². The van der Waals surface area contributed by atoms with Gasteiger partial charge in [0.1, 0.15) is 0 Å². The van der Waals surface area contributed by atoms with Crippen molar-refractivity contribution in [1.29, 1.82) is 0 Å². The number of ether oxygens (including phenoxy) is 2. The summed E-state index contributed by atoms with van der Waals surface area (Å²) in [6.45, 7) is 4.80. The minimum absolute atomic E-state index is 0.0164. The van der Waals surface area contributed by atoms with Gasteiger partial charge >= 0.3 is 0 Å². The summed E-state index contributed by atoms with van der Waals surface area (Å²) >= 11 is 0. The van der Waals surface area contributed by atoms with Crippen LogP contribution in [0.5, 0.6) is 5.75 Å². The van der Waals surface area contributed by atoms with Crippen LogP contribution < -0.4 is 4.74 Å². The lowest BCUT2D eigenvalue weighted by Crippen LogP contribution is -2.22. The Labute approximate surface area is 195 Å². The monoisotopic (exact) mass is 460 g/mol. The summed E-state index contributed by atoms with van der Waals surface area (Å²) in [7, 11) is 0. The molecule has 2 aliphatic carbocycles. The molecular weight excluding hydrogens is 425 g/mol. The molecule has 0 aliphatic heterocycles. The lowest BCUT2D eigenvalue weighted by atomic mass is 9.77. The topological polar surface area (TPSA) is 18.5 Å². The van der Waals surface area contributed by atoms with Crippen LogP contribution in [0, 0.1) is 23.4 Å². The first-order valence-corrected chi connectivity index (χ1v) is 12.5. The second kappa shape index (κ2) is 10.9. The normalized spacial score (nSPS) is 25.7. The Morgan fingerprint density at radius 2 is 1.36 bits per heavy atom. The predicted octanol–water partition coefficient (Wildman–Crippen LogP) is 8.04. The second-order valence-electron chi connectivity index (χ2n) is 9.81. The highest BCUT2D eigenvalue weighted by molar-refractivity contribution is 5.32. The number of benzene rings is 2. The first-order chi connectivity index (χ1) is 16.0. The molecule has 0 unspecified atom stereocenters. The Morgan fingerprint density at radius 3 is 1.91 bits per heavy atom. The van der Waals surface area contributed by atoms with Crippen molar-refractivity contribution in [2.75, 3.05) is 6.61 Å². The Kier molecular flexibility index (Phi) is 8.00. The summed E-state index contributed by atoms with van der Waals surface area (Å²) in [4.78, 5) is 0. The number of hydrogen-bond donors (Lipinski definition) is 0. The van der Waals surface area contributed by atoms with E-state index in [0.717, 1.165) is 56.9 Å². The van der Waals surface area contributed by atoms with Crippen molar-refractivity contribution in [3.05, 3.63) is 64.5 Å². The highest BCUT2D eigenvalue weighted by Crippen LogP contribution is 2.40. The molecule has 2 nitrogen and oxygen atoms in total. The fourth-order valence-corrected chi connectivity index (χ4v) is 5.44. The van der Waals surface area contributed by atoms with Gasteiger partial charge in [0.2, 0.25) is 0 Å². The zero-order chi connectivity index (χ0) is 23.4. The minimum atomic E-state index is -0.652. The van der Waals surface area contributed by atoms with Gasteiger partial charge in [0.15, 0.2) is 23.2 Å². The first kappa shape index (κ1) is 24.1. The van der Waals surface area contributed by atoms with Crippen LogP contribution >= 0.6 is 0 Å². The number of rotatable bonds is 7. The fourth-order valence-electron chi connectivity index (χ4n) is 5.44. The van der Waals surface area contributed by atoms with E-state index in [2.05, 4.69) is 6.92 Å². The van der Waals surface area contributed by atoms with E-state index in [0.29, 0.717) is 30.3 Å². The third-order valence-corrected chi connectivity index (χ3v) is 7.49. The summed E-state index contributed by atoms with van der Waals surface area (Å²) in [6.07, 6.45) is 7.20. The van der Waals surface area contributed by atoms with Crippen LogP contribution in [0.2, 0.25) is 0 Å². The molecule has 5 heteroatoms. The van der Waals surface area contributed by atoms with Crippen molar-refractivity contribution < 1.29 is 22.6 Å². The van der Waals surface area contributed by atoms with Crippen molar-refractivity contribution in [2.24, 2.45) is 5.92 Å². The zero-order valence-corrected chi connectivity index (χ0v) is 19.7. The molecule has 0 spiro atoms. The molecule has 2 saturated carbocycles. The van der Waals surface area contributed by atoms with Crippen LogP contribution in [-0.4, -0.2) is 12.7 Å². The highest BCUT2D eigenvalue weighted by atomic mass is 19.2.